The molecule has 1 N–H and O–H groups in total. The molecular weight excluding hydrogens is 291 g/mol. The molecule has 0 saturated heterocycles. The van der Waals surface area contributed by atoms with Crippen LogP contribution in [-0.2, 0) is 0 Å². The maximum absolute atomic E-state index is 6.03. The summed E-state index contributed by atoms with van der Waals surface area (Å²) in [6.07, 6.45) is 1.61. The average molecular weight is 300 g/mol. The van der Waals surface area contributed by atoms with Gasteiger partial charge in [0, 0.05) is 10.6 Å². The minimum atomic E-state index is 0.482. The molecular formula is C13H9Cl3N2. The smallest absolute Gasteiger partial charge is 0.0680 e. The largest absolute Gasteiger partial charge is 0.278 e. The molecule has 2 aromatic carbocycles. The third kappa shape index (κ3) is 3.39. The van der Waals surface area contributed by atoms with Gasteiger partial charge in [-0.25, -0.2) is 0 Å². The Hall–Kier alpha value is -1.22. The lowest BCUT2D eigenvalue weighted by Crippen LogP contribution is -1.91. The Morgan fingerprint density at radius 2 is 1.78 bits per heavy atom. The number of rotatable bonds is 3. The molecule has 0 aliphatic rings. The van der Waals surface area contributed by atoms with Crippen molar-refractivity contribution in [2.24, 2.45) is 5.10 Å². The molecule has 0 amide bonds. The number of nitrogens with one attached hydrogen (secondary N) is 1. The number of anilines is 1. The summed E-state index contributed by atoms with van der Waals surface area (Å²) < 4.78 is 0. The van der Waals surface area contributed by atoms with Gasteiger partial charge in [-0.2, -0.15) is 5.10 Å². The molecule has 2 aromatic rings. The van der Waals surface area contributed by atoms with Gasteiger partial charge in [-0.05, 0) is 24.3 Å². The van der Waals surface area contributed by atoms with Crippen molar-refractivity contribution in [3.63, 3.8) is 0 Å². The van der Waals surface area contributed by atoms with Gasteiger partial charge < -0.3 is 0 Å². The van der Waals surface area contributed by atoms with Gasteiger partial charge in [-0.3, -0.25) is 5.43 Å². The summed E-state index contributed by atoms with van der Waals surface area (Å²) in [5.74, 6) is 0. The monoisotopic (exact) mass is 298 g/mol. The van der Waals surface area contributed by atoms with Gasteiger partial charge in [-0.1, -0.05) is 53.0 Å². The van der Waals surface area contributed by atoms with Crippen LogP contribution < -0.4 is 5.43 Å². The fourth-order valence-corrected chi connectivity index (χ4v) is 1.90. The van der Waals surface area contributed by atoms with Crippen molar-refractivity contribution in [2.45, 2.75) is 0 Å². The molecule has 0 radical (unpaired) electrons. The van der Waals surface area contributed by atoms with Crippen molar-refractivity contribution in [3.8, 4) is 0 Å². The van der Waals surface area contributed by atoms with E-state index in [0.29, 0.717) is 15.1 Å². The fraction of sp³-hybridized carbons (Fsp3) is 0. The van der Waals surface area contributed by atoms with Crippen LogP contribution in [0.1, 0.15) is 5.56 Å². The molecule has 0 bridgehead atoms. The Labute approximate surface area is 120 Å². The van der Waals surface area contributed by atoms with E-state index in [1.54, 1.807) is 24.4 Å². The normalized spacial score (nSPS) is 10.8. The van der Waals surface area contributed by atoms with E-state index in [0.717, 1.165) is 11.3 Å². The Bertz CT molecular complexity index is 582. The van der Waals surface area contributed by atoms with Crippen LogP contribution in [0.15, 0.2) is 47.6 Å². The van der Waals surface area contributed by atoms with E-state index in [4.69, 9.17) is 34.8 Å². The van der Waals surface area contributed by atoms with Gasteiger partial charge in [0.2, 0.25) is 0 Å². The van der Waals surface area contributed by atoms with Crippen LogP contribution >= 0.6 is 34.8 Å². The van der Waals surface area contributed by atoms with Gasteiger partial charge in [-0.15, -0.1) is 0 Å². The zero-order chi connectivity index (χ0) is 13.0. The van der Waals surface area contributed by atoms with Crippen molar-refractivity contribution in [1.29, 1.82) is 0 Å². The molecule has 0 saturated carbocycles. The van der Waals surface area contributed by atoms with Crippen LogP contribution in [0.4, 0.5) is 5.69 Å². The highest BCUT2D eigenvalue weighted by Gasteiger charge is 2.01. The number of hydrogen-bond donors (Lipinski definition) is 1. The molecule has 5 heteroatoms. The van der Waals surface area contributed by atoms with Crippen molar-refractivity contribution >= 4 is 46.7 Å². The molecule has 0 atom stereocenters. The topological polar surface area (TPSA) is 24.4 Å². The van der Waals surface area contributed by atoms with Crippen LogP contribution in [-0.4, -0.2) is 6.21 Å². The van der Waals surface area contributed by atoms with Gasteiger partial charge in [0.05, 0.1) is 21.9 Å². The Balaban J connectivity index is 2.10. The minimum absolute atomic E-state index is 0.482. The number of benzene rings is 2. The second-order valence-electron chi connectivity index (χ2n) is 3.52. The van der Waals surface area contributed by atoms with Crippen LogP contribution in [0.2, 0.25) is 15.1 Å². The summed E-state index contributed by atoms with van der Waals surface area (Å²) in [4.78, 5) is 0. The number of nitrogens with zero attached hydrogens (tertiary/aromatic N) is 1. The Morgan fingerprint density at radius 3 is 2.56 bits per heavy atom. The molecule has 0 unspecified atom stereocenters. The first-order valence-electron chi connectivity index (χ1n) is 5.15. The number of halogens is 3. The highest BCUT2D eigenvalue weighted by Crippen LogP contribution is 2.24. The SMILES string of the molecule is Clc1cccc(N/N=C/c2cccc(Cl)c2Cl)c1. The Morgan fingerprint density at radius 1 is 1.00 bits per heavy atom. The van der Waals surface area contributed by atoms with E-state index in [2.05, 4.69) is 10.5 Å². The lowest BCUT2D eigenvalue weighted by atomic mass is 10.2. The van der Waals surface area contributed by atoms with Crippen LogP contribution in [0.3, 0.4) is 0 Å². The quantitative estimate of drug-likeness (QED) is 0.619. The summed E-state index contributed by atoms with van der Waals surface area (Å²) in [7, 11) is 0. The molecule has 0 spiro atoms. The molecule has 2 nitrogen and oxygen atoms in total. The standard InChI is InChI=1S/C13H9Cl3N2/c14-10-4-2-5-11(7-10)18-17-8-9-3-1-6-12(15)13(9)16/h1-8,18H/b17-8+. The second-order valence-corrected chi connectivity index (χ2v) is 4.74. The van der Waals surface area contributed by atoms with Gasteiger partial charge in [0.1, 0.15) is 0 Å². The van der Waals surface area contributed by atoms with Crippen molar-refractivity contribution in [1.82, 2.24) is 0 Å². The summed E-state index contributed by atoms with van der Waals surface area (Å²) >= 11 is 17.8. The highest BCUT2D eigenvalue weighted by atomic mass is 35.5. The van der Waals surface area contributed by atoms with E-state index >= 15 is 0 Å². The zero-order valence-corrected chi connectivity index (χ0v) is 11.5. The summed E-state index contributed by atoms with van der Waals surface area (Å²) in [5, 5.41) is 5.71. The highest BCUT2D eigenvalue weighted by molar-refractivity contribution is 6.43. The van der Waals surface area contributed by atoms with Gasteiger partial charge in [0.25, 0.3) is 0 Å². The minimum Gasteiger partial charge on any atom is -0.278 e. The number of hydrogen-bond acceptors (Lipinski definition) is 2. The van der Waals surface area contributed by atoms with E-state index in [1.807, 2.05) is 24.3 Å². The molecule has 0 heterocycles. The maximum Gasteiger partial charge on any atom is 0.0680 e. The van der Waals surface area contributed by atoms with Crippen molar-refractivity contribution < 1.29 is 0 Å². The second kappa shape index (κ2) is 6.10. The maximum atomic E-state index is 6.03. The fourth-order valence-electron chi connectivity index (χ4n) is 1.35. The predicted molar refractivity (Wildman–Crippen MR) is 79.1 cm³/mol. The molecule has 0 fully saturated rings. The first-order chi connectivity index (χ1) is 8.66. The van der Waals surface area contributed by atoms with Crippen LogP contribution in [0, 0.1) is 0 Å². The van der Waals surface area contributed by atoms with Crippen LogP contribution in [0.5, 0.6) is 0 Å². The lowest BCUT2D eigenvalue weighted by Gasteiger charge is -2.01. The van der Waals surface area contributed by atoms with E-state index in [9.17, 15) is 0 Å². The first kappa shape index (κ1) is 13.2. The van der Waals surface area contributed by atoms with Gasteiger partial charge >= 0.3 is 0 Å². The van der Waals surface area contributed by atoms with Crippen LogP contribution in [0.25, 0.3) is 0 Å². The van der Waals surface area contributed by atoms with Gasteiger partial charge in [0.15, 0.2) is 0 Å². The lowest BCUT2D eigenvalue weighted by molar-refractivity contribution is 1.35. The molecule has 0 aromatic heterocycles. The molecule has 0 aliphatic carbocycles. The van der Waals surface area contributed by atoms with E-state index in [-0.39, 0.29) is 0 Å². The molecule has 0 aliphatic heterocycles. The summed E-state index contributed by atoms with van der Waals surface area (Å²) in [5.41, 5.74) is 4.42. The van der Waals surface area contributed by atoms with E-state index in [1.165, 1.54) is 0 Å². The number of hydrazone groups is 1. The predicted octanol–water partition coefficient (Wildman–Crippen LogP) is 5.09. The third-order valence-electron chi connectivity index (χ3n) is 2.20. The summed E-state index contributed by atoms with van der Waals surface area (Å²) in [6.45, 7) is 0. The first-order valence-corrected chi connectivity index (χ1v) is 6.29. The summed E-state index contributed by atoms with van der Waals surface area (Å²) in [6, 6.07) is 12.6. The molecule has 92 valence electrons. The van der Waals surface area contributed by atoms with Crippen molar-refractivity contribution in [2.75, 3.05) is 5.43 Å². The molecule has 2 rings (SSSR count). The van der Waals surface area contributed by atoms with E-state index < -0.39 is 0 Å². The Kier molecular flexibility index (Phi) is 4.48. The third-order valence-corrected chi connectivity index (χ3v) is 3.27. The zero-order valence-electron chi connectivity index (χ0n) is 9.20. The van der Waals surface area contributed by atoms with Crippen molar-refractivity contribution in [3.05, 3.63) is 63.1 Å². The molecule has 18 heavy (non-hydrogen) atoms. The average Bonchev–Trinajstić information content (AvgIpc) is 2.35.